The molecule has 6 heteroatoms. The Morgan fingerprint density at radius 2 is 2.06 bits per heavy atom. The van der Waals surface area contributed by atoms with Crippen molar-refractivity contribution in [2.75, 3.05) is 13.6 Å². The van der Waals surface area contributed by atoms with Gasteiger partial charge in [0.2, 0.25) is 11.9 Å². The van der Waals surface area contributed by atoms with Crippen LogP contribution in [0.2, 0.25) is 0 Å². The van der Waals surface area contributed by atoms with Crippen molar-refractivity contribution in [1.29, 1.82) is 0 Å². The fourth-order valence-electron chi connectivity index (χ4n) is 1.35. The van der Waals surface area contributed by atoms with Gasteiger partial charge in [-0.15, -0.1) is 0 Å². The summed E-state index contributed by atoms with van der Waals surface area (Å²) < 4.78 is 12.8. The molecule has 0 aromatic carbocycles. The number of aromatic nitrogens is 1. The van der Waals surface area contributed by atoms with Gasteiger partial charge >= 0.3 is 0 Å². The van der Waals surface area contributed by atoms with Crippen LogP contribution >= 0.6 is 0 Å². The van der Waals surface area contributed by atoms with Crippen molar-refractivity contribution in [2.24, 2.45) is 5.41 Å². The number of nitrogens with zero attached hydrogens (tertiary/aromatic N) is 1. The molecular formula is C12H16FN3O2. The van der Waals surface area contributed by atoms with E-state index < -0.39 is 17.3 Å². The summed E-state index contributed by atoms with van der Waals surface area (Å²) >= 11 is 0. The summed E-state index contributed by atoms with van der Waals surface area (Å²) in [6, 6.07) is 3.97. The molecule has 0 bridgehead atoms. The van der Waals surface area contributed by atoms with Crippen LogP contribution in [0.3, 0.4) is 0 Å². The molecule has 0 spiro atoms. The molecule has 2 N–H and O–H groups in total. The van der Waals surface area contributed by atoms with E-state index in [1.165, 1.54) is 19.2 Å². The van der Waals surface area contributed by atoms with E-state index in [4.69, 9.17) is 0 Å². The Labute approximate surface area is 105 Å². The molecule has 98 valence electrons. The Morgan fingerprint density at radius 3 is 2.61 bits per heavy atom. The Hall–Kier alpha value is -1.98. The Kier molecular flexibility index (Phi) is 4.36. The number of pyridine rings is 1. The van der Waals surface area contributed by atoms with Crippen molar-refractivity contribution in [3.63, 3.8) is 0 Å². The van der Waals surface area contributed by atoms with Crippen LogP contribution in [-0.2, 0) is 4.79 Å². The van der Waals surface area contributed by atoms with Gasteiger partial charge in [-0.3, -0.25) is 9.59 Å². The molecule has 0 atom stereocenters. The predicted molar refractivity (Wildman–Crippen MR) is 64.4 cm³/mol. The zero-order chi connectivity index (χ0) is 13.8. The second-order valence-electron chi connectivity index (χ2n) is 4.49. The SMILES string of the molecule is CNC(=O)C(C)(C)CNC(=O)c1cccc(F)n1. The summed E-state index contributed by atoms with van der Waals surface area (Å²) in [5.41, 5.74) is -0.750. The van der Waals surface area contributed by atoms with Crippen LogP contribution in [-0.4, -0.2) is 30.4 Å². The number of carbonyl (C=O) groups excluding carboxylic acids is 2. The topological polar surface area (TPSA) is 71.1 Å². The summed E-state index contributed by atoms with van der Waals surface area (Å²) in [6.45, 7) is 3.54. The highest BCUT2D eigenvalue weighted by Crippen LogP contribution is 2.13. The highest BCUT2D eigenvalue weighted by molar-refractivity contribution is 5.92. The second-order valence-corrected chi connectivity index (χ2v) is 4.49. The number of hydrogen-bond acceptors (Lipinski definition) is 3. The zero-order valence-electron chi connectivity index (χ0n) is 10.6. The lowest BCUT2D eigenvalue weighted by Gasteiger charge is -2.22. The van der Waals surface area contributed by atoms with Crippen LogP contribution < -0.4 is 10.6 Å². The molecule has 0 radical (unpaired) electrons. The zero-order valence-corrected chi connectivity index (χ0v) is 10.6. The molecule has 1 rings (SSSR count). The molecule has 0 unspecified atom stereocenters. The standard InChI is InChI=1S/C12H16FN3O2/c1-12(2,11(18)14-3)7-15-10(17)8-5-4-6-9(13)16-8/h4-6H,7H2,1-3H3,(H,14,18)(H,15,17). The van der Waals surface area contributed by atoms with Crippen LogP contribution in [0.25, 0.3) is 0 Å². The highest BCUT2D eigenvalue weighted by atomic mass is 19.1. The van der Waals surface area contributed by atoms with Crippen LogP contribution in [0.4, 0.5) is 4.39 Å². The third-order valence-corrected chi connectivity index (χ3v) is 2.48. The van der Waals surface area contributed by atoms with Crippen molar-refractivity contribution < 1.29 is 14.0 Å². The summed E-state index contributed by atoms with van der Waals surface area (Å²) in [4.78, 5) is 26.6. The van der Waals surface area contributed by atoms with E-state index in [2.05, 4.69) is 15.6 Å². The van der Waals surface area contributed by atoms with Gasteiger partial charge in [-0.25, -0.2) is 4.98 Å². The molecule has 2 amide bonds. The van der Waals surface area contributed by atoms with Crippen LogP contribution in [0.5, 0.6) is 0 Å². The van der Waals surface area contributed by atoms with Crippen LogP contribution in [0.1, 0.15) is 24.3 Å². The summed E-state index contributed by atoms with van der Waals surface area (Å²) in [7, 11) is 1.53. The lowest BCUT2D eigenvalue weighted by molar-refractivity contribution is -0.128. The summed E-state index contributed by atoms with van der Waals surface area (Å²) in [5.74, 6) is -1.41. The van der Waals surface area contributed by atoms with Gasteiger partial charge in [-0.2, -0.15) is 4.39 Å². The van der Waals surface area contributed by atoms with Crippen molar-refractivity contribution >= 4 is 11.8 Å². The maximum atomic E-state index is 12.8. The van der Waals surface area contributed by atoms with Gasteiger partial charge in [0.1, 0.15) is 5.69 Å². The number of halogens is 1. The van der Waals surface area contributed by atoms with E-state index in [-0.39, 0.29) is 18.1 Å². The summed E-state index contributed by atoms with van der Waals surface area (Å²) in [6.07, 6.45) is 0. The van der Waals surface area contributed by atoms with E-state index in [1.54, 1.807) is 13.8 Å². The number of amides is 2. The summed E-state index contributed by atoms with van der Waals surface area (Å²) in [5, 5.41) is 5.06. The molecule has 0 fully saturated rings. The Balaban J connectivity index is 2.64. The molecule has 0 aliphatic rings. The molecule has 18 heavy (non-hydrogen) atoms. The number of nitrogens with one attached hydrogen (secondary N) is 2. The normalized spacial score (nSPS) is 10.9. The van der Waals surface area contributed by atoms with E-state index in [0.717, 1.165) is 6.07 Å². The van der Waals surface area contributed by atoms with E-state index in [9.17, 15) is 14.0 Å². The highest BCUT2D eigenvalue weighted by Gasteiger charge is 2.27. The van der Waals surface area contributed by atoms with Gasteiger partial charge in [-0.1, -0.05) is 6.07 Å². The Bertz CT molecular complexity index is 460. The van der Waals surface area contributed by atoms with Gasteiger partial charge < -0.3 is 10.6 Å². The van der Waals surface area contributed by atoms with E-state index in [1.807, 2.05) is 0 Å². The lowest BCUT2D eigenvalue weighted by Crippen LogP contribution is -2.43. The van der Waals surface area contributed by atoms with Crippen LogP contribution in [0.15, 0.2) is 18.2 Å². The first kappa shape index (κ1) is 14.1. The molecule has 0 saturated heterocycles. The molecule has 0 aliphatic heterocycles. The first-order valence-corrected chi connectivity index (χ1v) is 5.50. The predicted octanol–water partition coefficient (Wildman–Crippen LogP) is 0.723. The third-order valence-electron chi connectivity index (χ3n) is 2.48. The molecule has 1 heterocycles. The molecular weight excluding hydrogens is 237 g/mol. The molecule has 1 aromatic heterocycles. The van der Waals surface area contributed by atoms with E-state index in [0.29, 0.717) is 0 Å². The smallest absolute Gasteiger partial charge is 0.270 e. The van der Waals surface area contributed by atoms with Gasteiger partial charge in [0.25, 0.3) is 5.91 Å². The number of hydrogen-bond donors (Lipinski definition) is 2. The lowest BCUT2D eigenvalue weighted by atomic mass is 9.92. The van der Waals surface area contributed by atoms with Gasteiger partial charge in [0.05, 0.1) is 5.41 Å². The van der Waals surface area contributed by atoms with Crippen molar-refractivity contribution in [1.82, 2.24) is 15.6 Å². The fourth-order valence-corrected chi connectivity index (χ4v) is 1.35. The van der Waals surface area contributed by atoms with Gasteiger partial charge in [0, 0.05) is 13.6 Å². The monoisotopic (exact) mass is 253 g/mol. The third kappa shape index (κ3) is 3.51. The molecule has 1 aromatic rings. The Morgan fingerprint density at radius 1 is 1.39 bits per heavy atom. The van der Waals surface area contributed by atoms with Crippen molar-refractivity contribution in [2.45, 2.75) is 13.8 Å². The number of carbonyl (C=O) groups is 2. The van der Waals surface area contributed by atoms with Crippen molar-refractivity contribution in [3.05, 3.63) is 29.8 Å². The van der Waals surface area contributed by atoms with Gasteiger partial charge in [-0.05, 0) is 26.0 Å². The maximum absolute atomic E-state index is 12.8. The number of rotatable bonds is 4. The van der Waals surface area contributed by atoms with Gasteiger partial charge in [0.15, 0.2) is 0 Å². The first-order valence-electron chi connectivity index (χ1n) is 5.50. The largest absolute Gasteiger partial charge is 0.359 e. The molecule has 0 aliphatic carbocycles. The van der Waals surface area contributed by atoms with Crippen LogP contribution in [0, 0.1) is 11.4 Å². The quantitative estimate of drug-likeness (QED) is 0.777. The van der Waals surface area contributed by atoms with Crippen molar-refractivity contribution in [3.8, 4) is 0 Å². The average molecular weight is 253 g/mol. The van der Waals surface area contributed by atoms with E-state index >= 15 is 0 Å². The average Bonchev–Trinajstić information content (AvgIpc) is 2.35. The minimum Gasteiger partial charge on any atom is -0.359 e. The second kappa shape index (κ2) is 5.57. The fraction of sp³-hybridized carbons (Fsp3) is 0.417. The maximum Gasteiger partial charge on any atom is 0.270 e. The molecule has 5 nitrogen and oxygen atoms in total. The minimum absolute atomic E-state index is 0.0114. The first-order chi connectivity index (χ1) is 8.36. The minimum atomic E-state index is -0.738. The molecule has 0 saturated carbocycles.